The number of phenols is 1. The van der Waals surface area contributed by atoms with Crippen LogP contribution in [0.2, 0.25) is 0 Å². The first kappa shape index (κ1) is 21.0. The van der Waals surface area contributed by atoms with Crippen molar-refractivity contribution in [2.75, 3.05) is 13.7 Å². The Morgan fingerprint density at radius 1 is 1.15 bits per heavy atom. The van der Waals surface area contributed by atoms with E-state index in [-0.39, 0.29) is 40.4 Å². The fourth-order valence-corrected chi connectivity index (χ4v) is 9.15. The van der Waals surface area contributed by atoms with Gasteiger partial charge in [-0.05, 0) is 85.2 Å². The Morgan fingerprint density at radius 3 is 2.55 bits per heavy atom. The van der Waals surface area contributed by atoms with Gasteiger partial charge >= 0.3 is 0 Å². The highest BCUT2D eigenvalue weighted by molar-refractivity contribution is 5.61. The van der Waals surface area contributed by atoms with Gasteiger partial charge in [-0.3, -0.25) is 4.90 Å². The van der Waals surface area contributed by atoms with Crippen molar-refractivity contribution < 1.29 is 19.7 Å². The molecule has 1 aromatic carbocycles. The van der Waals surface area contributed by atoms with E-state index in [1.807, 2.05) is 13.2 Å². The molecule has 2 heterocycles. The number of hydrogen-bond donors (Lipinski definition) is 2. The number of ether oxygens (including phenoxy) is 2. The zero-order valence-electron chi connectivity index (χ0n) is 20.5. The largest absolute Gasteiger partial charge is 0.504 e. The summed E-state index contributed by atoms with van der Waals surface area (Å²) in [5, 5.41) is 22.1. The van der Waals surface area contributed by atoms with Crippen LogP contribution >= 0.6 is 0 Å². The van der Waals surface area contributed by atoms with Crippen LogP contribution in [0.5, 0.6) is 11.5 Å². The summed E-state index contributed by atoms with van der Waals surface area (Å²) >= 11 is 0. The molecule has 7 atom stereocenters. The molecule has 4 aliphatic carbocycles. The van der Waals surface area contributed by atoms with Crippen LogP contribution in [0.4, 0.5) is 0 Å². The second kappa shape index (κ2) is 6.47. The van der Waals surface area contributed by atoms with E-state index in [9.17, 15) is 10.2 Å². The van der Waals surface area contributed by atoms with Gasteiger partial charge in [0.25, 0.3) is 0 Å². The Bertz CT molecular complexity index is 992. The third-order valence-corrected chi connectivity index (χ3v) is 11.1. The number of benzene rings is 1. The summed E-state index contributed by atoms with van der Waals surface area (Å²) in [5.74, 6) is 2.31. The number of methoxy groups -OCH3 is 1. The molecule has 4 unspecified atom stereocenters. The van der Waals surface area contributed by atoms with Crippen LogP contribution in [0, 0.1) is 28.6 Å². The molecule has 0 aromatic heterocycles. The standard InChI is InChI=1S/C28H39NO4/c1-26(2,3)27(9-10-27)18-14-17-19-13-16-7-8-20(30)23-21(16)28(17,24(33-23)22(18)32-4)11-12-29(19)25(31)15-5-6-15/h7-8,15,17-19,22,24-25,30-31H,5-6,9-14H2,1-4H3/t17?,18-,19?,22?,24-,25?,28-/m0/s1. The van der Waals surface area contributed by atoms with Gasteiger partial charge in [-0.2, -0.15) is 0 Å². The predicted molar refractivity (Wildman–Crippen MR) is 125 cm³/mol. The Hall–Kier alpha value is -1.30. The minimum absolute atomic E-state index is 0.0290. The molecule has 4 fully saturated rings. The van der Waals surface area contributed by atoms with Crippen molar-refractivity contribution >= 4 is 0 Å². The lowest BCUT2D eigenvalue weighted by molar-refractivity contribution is -0.183. The SMILES string of the molecule is COC1[C@@H](C2(C(C)(C)C)CC2)CC2C3Cc4ccc(O)c5c4[C@@]2(CCN3C(O)C2CC2)[C@H]1O5. The smallest absolute Gasteiger partial charge is 0.165 e. The van der Waals surface area contributed by atoms with Gasteiger partial charge in [0.2, 0.25) is 0 Å². The van der Waals surface area contributed by atoms with Crippen LogP contribution in [-0.2, 0) is 16.6 Å². The van der Waals surface area contributed by atoms with Crippen molar-refractivity contribution in [3.63, 3.8) is 0 Å². The number of aromatic hydroxyl groups is 1. The summed E-state index contributed by atoms with van der Waals surface area (Å²) in [7, 11) is 1.87. The summed E-state index contributed by atoms with van der Waals surface area (Å²) in [4.78, 5) is 2.46. The van der Waals surface area contributed by atoms with Gasteiger partial charge < -0.3 is 19.7 Å². The molecular weight excluding hydrogens is 414 g/mol. The van der Waals surface area contributed by atoms with Crippen LogP contribution in [0.15, 0.2) is 12.1 Å². The molecular formula is C28H39NO4. The Kier molecular flexibility index (Phi) is 4.12. The monoisotopic (exact) mass is 453 g/mol. The number of rotatable bonds is 4. The van der Waals surface area contributed by atoms with Crippen LogP contribution in [0.3, 0.4) is 0 Å². The van der Waals surface area contributed by atoms with Crippen LogP contribution in [0.1, 0.15) is 70.4 Å². The molecule has 5 nitrogen and oxygen atoms in total. The van der Waals surface area contributed by atoms with Gasteiger partial charge in [-0.25, -0.2) is 0 Å². The molecule has 33 heavy (non-hydrogen) atoms. The molecule has 7 rings (SSSR count). The number of piperidine rings is 1. The number of nitrogens with zero attached hydrogens (tertiary/aromatic N) is 1. The summed E-state index contributed by atoms with van der Waals surface area (Å²) in [6.07, 6.45) is 7.53. The minimum atomic E-state index is -0.317. The van der Waals surface area contributed by atoms with Crippen molar-refractivity contribution in [1.82, 2.24) is 4.90 Å². The Balaban J connectivity index is 1.39. The normalized spacial score (nSPS) is 41.3. The van der Waals surface area contributed by atoms with E-state index in [0.29, 0.717) is 23.8 Å². The molecule has 1 saturated heterocycles. The number of aliphatic hydroxyl groups is 1. The number of likely N-dealkylation sites (tertiary alicyclic amines) is 1. The maximum Gasteiger partial charge on any atom is 0.165 e. The van der Waals surface area contributed by atoms with Gasteiger partial charge in [0.1, 0.15) is 12.3 Å². The first-order chi connectivity index (χ1) is 15.7. The topological polar surface area (TPSA) is 62.2 Å². The van der Waals surface area contributed by atoms with Crippen molar-refractivity contribution in [3.05, 3.63) is 23.3 Å². The maximum atomic E-state index is 11.3. The average molecular weight is 454 g/mol. The number of aliphatic hydroxyl groups excluding tert-OH is 1. The second-order valence-corrected chi connectivity index (χ2v) is 13.1. The third-order valence-electron chi connectivity index (χ3n) is 11.1. The van der Waals surface area contributed by atoms with Crippen molar-refractivity contribution in [2.45, 2.75) is 95.6 Å². The van der Waals surface area contributed by atoms with Gasteiger partial charge in [-0.1, -0.05) is 26.8 Å². The summed E-state index contributed by atoms with van der Waals surface area (Å²) in [6, 6.07) is 4.26. The second-order valence-electron chi connectivity index (χ2n) is 13.1. The lowest BCUT2D eigenvalue weighted by Crippen LogP contribution is -2.71. The van der Waals surface area contributed by atoms with Gasteiger partial charge in [0.05, 0.1) is 6.10 Å². The molecule has 1 spiro atoms. The van der Waals surface area contributed by atoms with Crippen molar-refractivity contribution in [2.24, 2.45) is 28.6 Å². The number of phenolic OH excluding ortho intramolecular Hbond substituents is 1. The Labute approximate surface area is 197 Å². The highest BCUT2D eigenvalue weighted by Gasteiger charge is 2.72. The van der Waals surface area contributed by atoms with E-state index in [2.05, 4.69) is 31.7 Å². The highest BCUT2D eigenvalue weighted by atomic mass is 16.5. The Morgan fingerprint density at radius 2 is 1.91 bits per heavy atom. The van der Waals surface area contributed by atoms with E-state index in [1.165, 1.54) is 24.0 Å². The summed E-state index contributed by atoms with van der Waals surface area (Å²) < 4.78 is 13.1. The first-order valence-corrected chi connectivity index (χ1v) is 13.2. The molecule has 3 saturated carbocycles. The van der Waals surface area contributed by atoms with Crippen LogP contribution in [-0.4, -0.2) is 53.2 Å². The molecule has 2 aliphatic heterocycles. The summed E-state index contributed by atoms with van der Waals surface area (Å²) in [5.41, 5.74) is 2.97. The van der Waals surface area contributed by atoms with Crippen molar-refractivity contribution in [1.29, 1.82) is 0 Å². The zero-order chi connectivity index (χ0) is 22.9. The van der Waals surface area contributed by atoms with E-state index < -0.39 is 0 Å². The fraction of sp³-hybridized carbons (Fsp3) is 0.786. The number of hydrogen-bond acceptors (Lipinski definition) is 5. The molecule has 1 aromatic rings. The third kappa shape index (κ3) is 2.49. The van der Waals surface area contributed by atoms with E-state index in [4.69, 9.17) is 9.47 Å². The van der Waals surface area contributed by atoms with Crippen LogP contribution < -0.4 is 4.74 Å². The maximum absolute atomic E-state index is 11.3. The van der Waals surface area contributed by atoms with Crippen LogP contribution in [0.25, 0.3) is 0 Å². The molecule has 0 radical (unpaired) electrons. The zero-order valence-corrected chi connectivity index (χ0v) is 20.5. The minimum Gasteiger partial charge on any atom is -0.504 e. The molecule has 0 amide bonds. The molecule has 2 bridgehead atoms. The van der Waals surface area contributed by atoms with Gasteiger partial charge in [0, 0.05) is 30.7 Å². The average Bonchev–Trinajstić information content (AvgIpc) is 3.68. The quantitative estimate of drug-likeness (QED) is 0.715. The molecule has 5 heteroatoms. The molecule has 6 aliphatic rings. The van der Waals surface area contributed by atoms with Crippen molar-refractivity contribution in [3.8, 4) is 11.5 Å². The predicted octanol–water partition coefficient (Wildman–Crippen LogP) is 4.23. The summed E-state index contributed by atoms with van der Waals surface area (Å²) in [6.45, 7) is 8.10. The highest BCUT2D eigenvalue weighted by Crippen LogP contribution is 2.72. The van der Waals surface area contributed by atoms with E-state index in [0.717, 1.165) is 44.4 Å². The molecule has 180 valence electrons. The van der Waals surface area contributed by atoms with Gasteiger partial charge in [-0.15, -0.1) is 0 Å². The van der Waals surface area contributed by atoms with E-state index in [1.54, 1.807) is 0 Å². The van der Waals surface area contributed by atoms with Gasteiger partial charge in [0.15, 0.2) is 11.5 Å². The lowest BCUT2D eigenvalue weighted by Gasteiger charge is -2.63. The molecule has 2 N–H and O–H groups in total. The fourth-order valence-electron chi connectivity index (χ4n) is 9.15. The van der Waals surface area contributed by atoms with E-state index >= 15 is 0 Å². The lowest BCUT2D eigenvalue weighted by atomic mass is 9.47. The first-order valence-electron chi connectivity index (χ1n) is 13.2.